The molecule has 0 radical (unpaired) electrons. The van der Waals surface area contributed by atoms with Crippen molar-refractivity contribution in [3.63, 3.8) is 0 Å². The number of fused-ring (bicyclic) bond motifs is 1. The Balaban J connectivity index is 1.63. The molecule has 2 aliphatic rings. The molecule has 3 N–H and O–H groups in total. The van der Waals surface area contributed by atoms with E-state index in [9.17, 15) is 24.9 Å². The molecule has 2 aromatic carbocycles. The molecule has 0 saturated carbocycles. The lowest BCUT2D eigenvalue weighted by Crippen LogP contribution is -2.40. The monoisotopic (exact) mass is 611 g/mol. The summed E-state index contributed by atoms with van der Waals surface area (Å²) in [4.78, 5) is 27.9. The van der Waals surface area contributed by atoms with E-state index in [1.54, 1.807) is 12.1 Å². The van der Waals surface area contributed by atoms with Gasteiger partial charge in [0.05, 0.1) is 24.5 Å². The van der Waals surface area contributed by atoms with Gasteiger partial charge in [0.2, 0.25) is 11.8 Å². The fourth-order valence-electron chi connectivity index (χ4n) is 5.98. The van der Waals surface area contributed by atoms with E-state index in [4.69, 9.17) is 4.74 Å². The van der Waals surface area contributed by atoms with Gasteiger partial charge in [-0.25, -0.2) is 0 Å². The van der Waals surface area contributed by atoms with Gasteiger partial charge < -0.3 is 20.1 Å². The number of hydrogen-bond acceptors (Lipinski definition) is 6. The molecule has 1 heterocycles. The van der Waals surface area contributed by atoms with Crippen molar-refractivity contribution in [2.75, 3.05) is 19.8 Å². The van der Waals surface area contributed by atoms with Crippen LogP contribution in [0, 0.1) is 17.8 Å². The summed E-state index contributed by atoms with van der Waals surface area (Å²) in [5.41, 5.74) is 3.12. The first-order valence-electron chi connectivity index (χ1n) is 14.0. The third-order valence-corrected chi connectivity index (χ3v) is 8.47. The number of imide groups is 1. The number of amides is 2. The summed E-state index contributed by atoms with van der Waals surface area (Å²) < 4.78 is 6.91. The molecule has 0 bridgehead atoms. The van der Waals surface area contributed by atoms with Crippen molar-refractivity contribution >= 4 is 33.8 Å². The van der Waals surface area contributed by atoms with E-state index in [0.717, 1.165) is 22.0 Å². The number of halogens is 1. The van der Waals surface area contributed by atoms with Crippen molar-refractivity contribution in [2.45, 2.75) is 52.1 Å². The predicted molar refractivity (Wildman–Crippen MR) is 157 cm³/mol. The Morgan fingerprint density at radius 3 is 2.58 bits per heavy atom. The van der Waals surface area contributed by atoms with Crippen LogP contribution in [0.2, 0.25) is 0 Å². The Labute approximate surface area is 244 Å². The van der Waals surface area contributed by atoms with Crippen LogP contribution in [0.3, 0.4) is 0 Å². The highest BCUT2D eigenvalue weighted by Crippen LogP contribution is 2.46. The smallest absolute Gasteiger partial charge is 0.233 e. The van der Waals surface area contributed by atoms with Gasteiger partial charge in [0.1, 0.15) is 18.1 Å². The predicted octanol–water partition coefficient (Wildman–Crippen LogP) is 5.49. The minimum atomic E-state index is -0.929. The van der Waals surface area contributed by atoms with Crippen molar-refractivity contribution in [1.82, 2.24) is 4.90 Å². The molecule has 0 spiro atoms. The number of nitrogens with zero attached hydrogens (tertiary/aromatic N) is 1. The van der Waals surface area contributed by atoms with Crippen LogP contribution >= 0.6 is 15.9 Å². The van der Waals surface area contributed by atoms with Crippen LogP contribution in [0.1, 0.15) is 51.5 Å². The zero-order chi connectivity index (χ0) is 28.8. The minimum Gasteiger partial charge on any atom is -0.507 e. The van der Waals surface area contributed by atoms with Gasteiger partial charge in [-0.2, -0.15) is 0 Å². The Morgan fingerprint density at radius 2 is 1.90 bits per heavy atom. The number of rotatable bonds is 12. The second-order valence-electron chi connectivity index (χ2n) is 10.5. The van der Waals surface area contributed by atoms with E-state index < -0.39 is 23.9 Å². The van der Waals surface area contributed by atoms with Gasteiger partial charge in [0.15, 0.2) is 0 Å². The first-order chi connectivity index (χ1) is 19.3. The van der Waals surface area contributed by atoms with Gasteiger partial charge in [-0.15, -0.1) is 0 Å². The maximum absolute atomic E-state index is 13.4. The van der Waals surface area contributed by atoms with Crippen molar-refractivity contribution in [3.8, 4) is 11.5 Å². The zero-order valence-electron chi connectivity index (χ0n) is 23.1. The van der Waals surface area contributed by atoms with Crippen molar-refractivity contribution < 1.29 is 29.6 Å². The first-order valence-corrected chi connectivity index (χ1v) is 14.8. The highest BCUT2D eigenvalue weighted by Gasteiger charge is 2.54. The molecule has 8 heteroatoms. The second-order valence-corrected chi connectivity index (χ2v) is 11.4. The zero-order valence-corrected chi connectivity index (χ0v) is 24.6. The molecule has 0 unspecified atom stereocenters. The van der Waals surface area contributed by atoms with Crippen LogP contribution in [-0.4, -0.2) is 57.9 Å². The standard InChI is InChI=1S/C32H38BrNO6/c1-3-14-34-31(38)25-17-22(19-40-24-8-6-5-7-9-24)29(26(18-35)30(25)32(34)39)28(37)12-10-20(4-2)15-21-16-23(33)11-13-27(21)36/h5-9,11,13,15-16,25-26,28,30,35-37H,3-4,10,12,14,17-19H2,1-2H3/b20-15+/t25-,26+,28-,30-/m1/s1. The molecule has 214 valence electrons. The minimum absolute atomic E-state index is 0.160. The highest BCUT2D eigenvalue weighted by atomic mass is 79.9. The molecule has 2 amide bonds. The molecule has 1 aliphatic heterocycles. The molecule has 1 fully saturated rings. The molecule has 0 aromatic heterocycles. The van der Waals surface area contributed by atoms with Gasteiger partial charge in [-0.1, -0.05) is 59.6 Å². The number of allylic oxidation sites excluding steroid dienone is 1. The number of phenols is 1. The fraction of sp³-hybridized carbons (Fsp3) is 0.438. The number of carbonyl (C=O) groups excluding carboxylic acids is 2. The molecule has 1 aliphatic carbocycles. The summed E-state index contributed by atoms with van der Waals surface area (Å²) in [5, 5.41) is 32.4. The Bertz CT molecular complexity index is 1270. The van der Waals surface area contributed by atoms with Gasteiger partial charge in [-0.05, 0) is 73.6 Å². The van der Waals surface area contributed by atoms with E-state index >= 15 is 0 Å². The fourth-order valence-corrected chi connectivity index (χ4v) is 6.36. The number of likely N-dealkylation sites (tertiary alicyclic amines) is 1. The maximum atomic E-state index is 13.4. The highest BCUT2D eigenvalue weighted by molar-refractivity contribution is 9.10. The van der Waals surface area contributed by atoms with Gasteiger partial charge in [0, 0.05) is 22.5 Å². The quantitative estimate of drug-likeness (QED) is 0.216. The van der Waals surface area contributed by atoms with Crippen LogP contribution < -0.4 is 4.74 Å². The molecule has 7 nitrogen and oxygen atoms in total. The number of benzene rings is 2. The van der Waals surface area contributed by atoms with Crippen LogP contribution in [0.25, 0.3) is 6.08 Å². The molecule has 1 saturated heterocycles. The number of ether oxygens (including phenoxy) is 1. The largest absolute Gasteiger partial charge is 0.507 e. The van der Waals surface area contributed by atoms with Gasteiger partial charge >= 0.3 is 0 Å². The molecule has 40 heavy (non-hydrogen) atoms. The van der Waals surface area contributed by atoms with Crippen LogP contribution in [0.15, 0.2) is 69.7 Å². The lowest BCUT2D eigenvalue weighted by atomic mass is 9.68. The third kappa shape index (κ3) is 6.51. The number of hydrogen-bond donors (Lipinski definition) is 3. The number of carbonyl (C=O) groups is 2. The number of aromatic hydroxyl groups is 1. The van der Waals surface area contributed by atoms with E-state index in [-0.39, 0.29) is 30.8 Å². The summed E-state index contributed by atoms with van der Waals surface area (Å²) in [7, 11) is 0. The van der Waals surface area contributed by atoms with Crippen LogP contribution in [0.5, 0.6) is 11.5 Å². The lowest BCUT2D eigenvalue weighted by Gasteiger charge is -2.36. The van der Waals surface area contributed by atoms with Crippen molar-refractivity contribution in [2.24, 2.45) is 17.8 Å². The van der Waals surface area contributed by atoms with Crippen LogP contribution in [-0.2, 0) is 9.59 Å². The Kier molecular flexibility index (Phi) is 10.2. The summed E-state index contributed by atoms with van der Waals surface area (Å²) in [6, 6.07) is 14.6. The molecule has 2 aromatic rings. The van der Waals surface area contributed by atoms with E-state index in [0.29, 0.717) is 49.1 Å². The Morgan fingerprint density at radius 1 is 1.15 bits per heavy atom. The summed E-state index contributed by atoms with van der Waals surface area (Å²) >= 11 is 3.44. The molecule has 4 atom stereocenters. The second kappa shape index (κ2) is 13.6. The lowest BCUT2D eigenvalue weighted by molar-refractivity contribution is -0.140. The van der Waals surface area contributed by atoms with E-state index in [1.807, 2.05) is 56.3 Å². The SMILES string of the molecule is CCCN1C(=O)[C@@H]2[C@@H](CC(COc3ccccc3)=C([C@H](O)CC/C(=C/c3cc(Br)ccc3O)CC)[C@@H]2CO)C1=O. The average molecular weight is 613 g/mol. The summed E-state index contributed by atoms with van der Waals surface area (Å²) in [6.45, 7) is 4.12. The summed E-state index contributed by atoms with van der Waals surface area (Å²) in [6.07, 6.45) is 3.63. The molecule has 4 rings (SSSR count). The number of phenolic OH excluding ortho intramolecular Hbond substituents is 1. The number of para-hydroxylation sites is 1. The topological polar surface area (TPSA) is 107 Å². The van der Waals surface area contributed by atoms with E-state index in [1.165, 1.54) is 4.90 Å². The van der Waals surface area contributed by atoms with Gasteiger partial charge in [0.25, 0.3) is 0 Å². The van der Waals surface area contributed by atoms with Crippen molar-refractivity contribution in [3.05, 3.63) is 75.3 Å². The number of aliphatic hydroxyl groups excluding tert-OH is 2. The summed E-state index contributed by atoms with van der Waals surface area (Å²) in [5.74, 6) is -1.53. The molecular formula is C32H38BrNO6. The average Bonchev–Trinajstić information content (AvgIpc) is 3.20. The van der Waals surface area contributed by atoms with Gasteiger partial charge in [-0.3, -0.25) is 14.5 Å². The van der Waals surface area contributed by atoms with Crippen LogP contribution in [0.4, 0.5) is 0 Å². The number of aliphatic hydroxyl groups is 2. The van der Waals surface area contributed by atoms with E-state index in [2.05, 4.69) is 15.9 Å². The molecular weight excluding hydrogens is 574 g/mol. The first kappa shape index (κ1) is 30.0. The van der Waals surface area contributed by atoms with Crippen molar-refractivity contribution in [1.29, 1.82) is 0 Å². The Hall–Kier alpha value is -2.94. The third-order valence-electron chi connectivity index (χ3n) is 7.98. The normalized spacial score (nSPS) is 22.1. The maximum Gasteiger partial charge on any atom is 0.233 e.